The first-order valence-corrected chi connectivity index (χ1v) is 13.5. The van der Waals surface area contributed by atoms with Crippen LogP contribution in [0.5, 0.6) is 11.5 Å². The van der Waals surface area contributed by atoms with Gasteiger partial charge < -0.3 is 15.4 Å². The molecule has 0 bridgehead atoms. The van der Waals surface area contributed by atoms with Gasteiger partial charge in [0.2, 0.25) is 10.0 Å². The Bertz CT molecular complexity index is 1130. The highest BCUT2D eigenvalue weighted by molar-refractivity contribution is 7.89. The Kier molecular flexibility index (Phi) is 6.29. The lowest BCUT2D eigenvalue weighted by Crippen LogP contribution is -2.36. The number of nitrogens with zero attached hydrogens (tertiary/aromatic N) is 1. The lowest BCUT2D eigenvalue weighted by atomic mass is 10.1. The van der Waals surface area contributed by atoms with Crippen LogP contribution < -0.4 is 15.4 Å². The second-order valence-corrected chi connectivity index (χ2v) is 11.1. The van der Waals surface area contributed by atoms with Gasteiger partial charge in [-0.25, -0.2) is 8.42 Å². The van der Waals surface area contributed by atoms with Crippen molar-refractivity contribution in [3.63, 3.8) is 0 Å². The summed E-state index contributed by atoms with van der Waals surface area (Å²) < 4.78 is 35.1. The van der Waals surface area contributed by atoms with Crippen molar-refractivity contribution in [1.82, 2.24) is 4.31 Å². The summed E-state index contributed by atoms with van der Waals surface area (Å²) in [6.45, 7) is 1.02. The lowest BCUT2D eigenvalue weighted by molar-refractivity contribution is 0.102. The molecule has 2 aliphatic heterocycles. The number of carbonyl (C=O) groups excluding carboxylic acids is 1. The molecule has 8 heteroatoms. The number of hydrogen-bond acceptors (Lipinski definition) is 5. The van der Waals surface area contributed by atoms with Crippen molar-refractivity contribution >= 4 is 27.3 Å². The summed E-state index contributed by atoms with van der Waals surface area (Å²) >= 11 is 0. The van der Waals surface area contributed by atoms with Crippen molar-refractivity contribution in [2.75, 3.05) is 23.7 Å². The van der Waals surface area contributed by atoms with E-state index in [9.17, 15) is 13.2 Å². The summed E-state index contributed by atoms with van der Waals surface area (Å²) in [6.07, 6.45) is 9.44. The minimum absolute atomic E-state index is 0.164. The first-order valence-electron chi connectivity index (χ1n) is 12.1. The molecule has 0 unspecified atom stereocenters. The number of sulfonamides is 1. The van der Waals surface area contributed by atoms with Crippen molar-refractivity contribution in [2.24, 2.45) is 0 Å². The summed E-state index contributed by atoms with van der Waals surface area (Å²) in [5.74, 6) is 0.536. The van der Waals surface area contributed by atoms with Crippen LogP contribution in [0.1, 0.15) is 68.1 Å². The van der Waals surface area contributed by atoms with Crippen LogP contribution >= 0.6 is 0 Å². The lowest BCUT2D eigenvalue weighted by Gasteiger charge is -2.28. The quantitative estimate of drug-likeness (QED) is 0.589. The predicted molar refractivity (Wildman–Crippen MR) is 129 cm³/mol. The van der Waals surface area contributed by atoms with Crippen molar-refractivity contribution < 1.29 is 17.9 Å². The van der Waals surface area contributed by atoms with Crippen LogP contribution in [0.2, 0.25) is 0 Å². The first-order chi connectivity index (χ1) is 16.0. The second kappa shape index (κ2) is 9.35. The summed E-state index contributed by atoms with van der Waals surface area (Å²) in [5, 5.41) is 6.38. The third kappa shape index (κ3) is 4.59. The molecule has 1 saturated heterocycles. The molecule has 5 rings (SSSR count). The molecule has 0 aromatic heterocycles. The van der Waals surface area contributed by atoms with Crippen molar-refractivity contribution in [3.05, 3.63) is 42.0 Å². The standard InChI is InChI=1S/C25H31N3O4S/c29-25-19-16-24(33(30,31)28-14-8-3-9-15-28)21(26-18-10-4-1-2-5-11-18)17-23(19)32-22-13-7-6-12-20(22)27-25/h6-7,12-13,16-18,26H,1-5,8-11,14-15H2,(H,27,29). The van der Waals surface area contributed by atoms with Gasteiger partial charge in [0.05, 0.1) is 16.9 Å². The number of para-hydroxylation sites is 2. The monoisotopic (exact) mass is 469 g/mol. The van der Waals surface area contributed by atoms with Gasteiger partial charge in [-0.3, -0.25) is 4.79 Å². The molecular weight excluding hydrogens is 438 g/mol. The molecule has 0 radical (unpaired) electrons. The van der Waals surface area contributed by atoms with E-state index in [1.54, 1.807) is 22.5 Å². The Hall–Kier alpha value is -2.58. The summed E-state index contributed by atoms with van der Waals surface area (Å²) in [4.78, 5) is 13.2. The van der Waals surface area contributed by atoms with E-state index in [1.165, 1.54) is 18.9 Å². The highest BCUT2D eigenvalue weighted by Crippen LogP contribution is 2.40. The van der Waals surface area contributed by atoms with E-state index in [0.29, 0.717) is 36.0 Å². The summed E-state index contributed by atoms with van der Waals surface area (Å²) in [6, 6.07) is 10.6. The van der Waals surface area contributed by atoms with Gasteiger partial charge >= 0.3 is 0 Å². The third-order valence-electron chi connectivity index (χ3n) is 6.83. The molecule has 2 aromatic rings. The highest BCUT2D eigenvalue weighted by Gasteiger charge is 2.32. The van der Waals surface area contributed by atoms with Gasteiger partial charge in [0, 0.05) is 25.2 Å². The van der Waals surface area contributed by atoms with Gasteiger partial charge in [0.1, 0.15) is 10.6 Å². The Balaban J connectivity index is 1.59. The predicted octanol–water partition coefficient (Wildman–Crippen LogP) is 5.35. The molecule has 2 heterocycles. The van der Waals surface area contributed by atoms with Crippen LogP contribution in [0, 0.1) is 0 Å². The molecule has 2 N–H and O–H groups in total. The van der Waals surface area contributed by atoms with Crippen LogP contribution in [-0.4, -0.2) is 37.8 Å². The van der Waals surface area contributed by atoms with Gasteiger partial charge in [0.25, 0.3) is 5.91 Å². The van der Waals surface area contributed by atoms with Crippen molar-refractivity contribution in [1.29, 1.82) is 0 Å². The number of nitrogens with one attached hydrogen (secondary N) is 2. The number of amides is 1. The summed E-state index contributed by atoms with van der Waals surface area (Å²) in [5.41, 5.74) is 1.32. The van der Waals surface area contributed by atoms with Gasteiger partial charge in [-0.05, 0) is 43.9 Å². The zero-order chi connectivity index (χ0) is 22.8. The average molecular weight is 470 g/mol. The van der Waals surface area contributed by atoms with Crippen LogP contribution in [-0.2, 0) is 10.0 Å². The maximum absolute atomic E-state index is 13.7. The molecule has 176 valence electrons. The van der Waals surface area contributed by atoms with Gasteiger partial charge in [-0.15, -0.1) is 0 Å². The zero-order valence-corrected chi connectivity index (χ0v) is 19.6. The Morgan fingerprint density at radius 3 is 2.36 bits per heavy atom. The van der Waals surface area contributed by atoms with Crippen molar-refractivity contribution in [3.8, 4) is 11.5 Å². The molecular formula is C25H31N3O4S. The van der Waals surface area contributed by atoms with Gasteiger partial charge in [0.15, 0.2) is 5.75 Å². The number of fused-ring (bicyclic) bond motifs is 2. The number of piperidine rings is 1. The Morgan fingerprint density at radius 1 is 0.909 bits per heavy atom. The summed E-state index contributed by atoms with van der Waals surface area (Å²) in [7, 11) is -3.75. The highest BCUT2D eigenvalue weighted by atomic mass is 32.2. The van der Waals surface area contributed by atoms with E-state index in [1.807, 2.05) is 12.1 Å². The average Bonchev–Trinajstić information content (AvgIpc) is 3.16. The van der Waals surface area contributed by atoms with E-state index < -0.39 is 10.0 Å². The minimum Gasteiger partial charge on any atom is -0.454 e. The number of hydrogen-bond donors (Lipinski definition) is 2. The molecule has 2 aromatic carbocycles. The van der Waals surface area contributed by atoms with Crippen LogP contribution in [0.25, 0.3) is 0 Å². The van der Waals surface area contributed by atoms with Crippen LogP contribution in [0.15, 0.2) is 41.3 Å². The van der Waals surface area contributed by atoms with E-state index in [4.69, 9.17) is 4.74 Å². The number of ether oxygens (including phenoxy) is 1. The Labute approximate surface area is 195 Å². The Morgan fingerprint density at radius 2 is 1.61 bits per heavy atom. The van der Waals surface area contributed by atoms with Gasteiger partial charge in [-0.1, -0.05) is 44.2 Å². The number of carbonyl (C=O) groups is 1. The molecule has 2 fully saturated rings. The second-order valence-electron chi connectivity index (χ2n) is 9.19. The maximum atomic E-state index is 13.7. The van der Waals surface area contributed by atoms with Crippen LogP contribution in [0.3, 0.4) is 0 Å². The SMILES string of the molecule is O=C1Nc2ccccc2Oc2cc(NC3CCCCCC3)c(S(=O)(=O)N3CCCCC3)cc21. The van der Waals surface area contributed by atoms with Gasteiger partial charge in [-0.2, -0.15) is 4.31 Å². The molecule has 33 heavy (non-hydrogen) atoms. The molecule has 0 spiro atoms. The maximum Gasteiger partial charge on any atom is 0.259 e. The third-order valence-corrected chi connectivity index (χ3v) is 8.77. The number of rotatable bonds is 4. The number of benzene rings is 2. The largest absolute Gasteiger partial charge is 0.454 e. The smallest absolute Gasteiger partial charge is 0.259 e. The molecule has 1 amide bonds. The zero-order valence-electron chi connectivity index (χ0n) is 18.8. The minimum atomic E-state index is -3.75. The molecule has 1 aliphatic carbocycles. The van der Waals surface area contributed by atoms with Crippen LogP contribution in [0.4, 0.5) is 11.4 Å². The number of anilines is 2. The fourth-order valence-electron chi connectivity index (χ4n) is 5.00. The van der Waals surface area contributed by atoms with E-state index in [-0.39, 0.29) is 22.4 Å². The topological polar surface area (TPSA) is 87.7 Å². The van der Waals surface area contributed by atoms with E-state index in [0.717, 1.165) is 44.9 Å². The first kappa shape index (κ1) is 22.2. The molecule has 7 nitrogen and oxygen atoms in total. The van der Waals surface area contributed by atoms with E-state index in [2.05, 4.69) is 10.6 Å². The molecule has 0 atom stereocenters. The normalized spacial score (nSPS) is 19.9. The van der Waals surface area contributed by atoms with Crippen molar-refractivity contribution in [2.45, 2.75) is 68.7 Å². The fraction of sp³-hybridized carbons (Fsp3) is 0.480. The fourth-order valence-corrected chi connectivity index (χ4v) is 6.68. The van der Waals surface area contributed by atoms with E-state index >= 15 is 0 Å². The molecule has 1 saturated carbocycles. The molecule has 3 aliphatic rings.